The third-order valence-electron chi connectivity index (χ3n) is 13.9. The van der Waals surface area contributed by atoms with Crippen LogP contribution in [0.5, 0.6) is 0 Å². The van der Waals surface area contributed by atoms with Gasteiger partial charge in [0.25, 0.3) is 0 Å². The molecule has 3 aromatic heterocycles. The fourth-order valence-corrected chi connectivity index (χ4v) is 10.3. The summed E-state index contributed by atoms with van der Waals surface area (Å²) in [6, 6.07) is 61.7. The standard InChI is InChI=1S/C60H44N4/c1-59(2)51-31-41(21-25-47(51)49-27-23-43(33-53(49)59)45-9-7-29-61-35-45)37-13-17-39(18-14-37)57-58(64-56-12-6-5-11-55(56)63-57)40-19-15-38(16-20-40)42-22-26-48-50-28-24-44(46-10-8-30-62-36-46)34-54(50)60(3,4)52(48)32-42/h5-36H,1-4H3. The maximum Gasteiger partial charge on any atom is 0.0973 e. The summed E-state index contributed by atoms with van der Waals surface area (Å²) in [7, 11) is 0. The Kier molecular flexibility index (Phi) is 8.51. The highest BCUT2D eigenvalue weighted by Gasteiger charge is 2.37. The van der Waals surface area contributed by atoms with Gasteiger partial charge in [-0.15, -0.1) is 0 Å². The lowest BCUT2D eigenvalue weighted by Gasteiger charge is -2.22. The summed E-state index contributed by atoms with van der Waals surface area (Å²) in [6.07, 6.45) is 7.53. The molecule has 0 N–H and O–H groups in total. The Balaban J connectivity index is 0.853. The molecule has 0 amide bonds. The Labute approximate surface area is 374 Å². The van der Waals surface area contributed by atoms with Crippen molar-refractivity contribution in [1.29, 1.82) is 0 Å². The van der Waals surface area contributed by atoms with Gasteiger partial charge in [-0.25, -0.2) is 9.97 Å². The van der Waals surface area contributed by atoms with Crippen LogP contribution in [0.1, 0.15) is 49.9 Å². The molecule has 0 bridgehead atoms. The van der Waals surface area contributed by atoms with Crippen LogP contribution in [0.2, 0.25) is 0 Å². The first kappa shape index (κ1) is 37.9. The van der Waals surface area contributed by atoms with Gasteiger partial charge in [-0.05, 0) is 138 Å². The van der Waals surface area contributed by atoms with Gasteiger partial charge in [0, 0.05) is 46.7 Å². The summed E-state index contributed by atoms with van der Waals surface area (Å²) in [6.45, 7) is 9.37. The average molecular weight is 821 g/mol. The highest BCUT2D eigenvalue weighted by molar-refractivity contribution is 5.90. The Morgan fingerprint density at radius 1 is 0.297 bits per heavy atom. The second-order valence-corrected chi connectivity index (χ2v) is 18.3. The molecule has 2 aliphatic carbocycles. The smallest absolute Gasteiger partial charge is 0.0973 e. The van der Waals surface area contributed by atoms with E-state index in [9.17, 15) is 0 Å². The monoisotopic (exact) mass is 820 g/mol. The Morgan fingerprint density at radius 2 is 0.609 bits per heavy atom. The summed E-state index contributed by atoms with van der Waals surface area (Å²) in [5, 5.41) is 0. The second kappa shape index (κ2) is 14.4. The quantitative estimate of drug-likeness (QED) is 0.168. The van der Waals surface area contributed by atoms with Crippen LogP contribution in [-0.4, -0.2) is 19.9 Å². The number of fused-ring (bicyclic) bond motifs is 7. The van der Waals surface area contributed by atoms with Crippen LogP contribution in [0.25, 0.3) is 100 Å². The van der Waals surface area contributed by atoms with E-state index in [4.69, 9.17) is 9.97 Å². The third-order valence-corrected chi connectivity index (χ3v) is 13.9. The van der Waals surface area contributed by atoms with Crippen molar-refractivity contribution in [3.8, 4) is 89.3 Å². The molecule has 12 rings (SSSR count). The van der Waals surface area contributed by atoms with Crippen LogP contribution in [0.3, 0.4) is 0 Å². The molecule has 7 aromatic carbocycles. The number of benzene rings is 7. The van der Waals surface area contributed by atoms with Gasteiger partial charge in [-0.1, -0.05) is 149 Å². The molecule has 64 heavy (non-hydrogen) atoms. The molecule has 304 valence electrons. The zero-order chi connectivity index (χ0) is 43.2. The van der Waals surface area contributed by atoms with Gasteiger partial charge >= 0.3 is 0 Å². The molecular formula is C60H44N4. The van der Waals surface area contributed by atoms with E-state index in [1.54, 1.807) is 0 Å². The van der Waals surface area contributed by atoms with Crippen LogP contribution >= 0.6 is 0 Å². The maximum atomic E-state index is 5.25. The molecule has 2 aliphatic rings. The summed E-state index contributed by atoms with van der Waals surface area (Å²) >= 11 is 0. The van der Waals surface area contributed by atoms with Crippen LogP contribution in [0.4, 0.5) is 0 Å². The molecule has 0 saturated carbocycles. The minimum Gasteiger partial charge on any atom is -0.264 e. The van der Waals surface area contributed by atoms with E-state index in [-0.39, 0.29) is 10.8 Å². The molecular weight excluding hydrogens is 777 g/mol. The molecule has 0 fully saturated rings. The first-order valence-electron chi connectivity index (χ1n) is 22.1. The highest BCUT2D eigenvalue weighted by atomic mass is 14.8. The molecule has 0 spiro atoms. The van der Waals surface area contributed by atoms with Crippen molar-refractivity contribution < 1.29 is 0 Å². The lowest BCUT2D eigenvalue weighted by molar-refractivity contribution is 0.660. The predicted octanol–water partition coefficient (Wildman–Crippen LogP) is 15.0. The van der Waals surface area contributed by atoms with Gasteiger partial charge < -0.3 is 0 Å². The van der Waals surface area contributed by atoms with Gasteiger partial charge in [-0.2, -0.15) is 0 Å². The number of hydrogen-bond donors (Lipinski definition) is 0. The van der Waals surface area contributed by atoms with Crippen molar-refractivity contribution in [3.63, 3.8) is 0 Å². The molecule has 0 unspecified atom stereocenters. The zero-order valence-electron chi connectivity index (χ0n) is 36.3. The first-order chi connectivity index (χ1) is 31.2. The first-order valence-corrected chi connectivity index (χ1v) is 22.1. The predicted molar refractivity (Wildman–Crippen MR) is 263 cm³/mol. The summed E-state index contributed by atoms with van der Waals surface area (Å²) < 4.78 is 0. The lowest BCUT2D eigenvalue weighted by Crippen LogP contribution is -2.15. The van der Waals surface area contributed by atoms with E-state index in [1.807, 2.05) is 61.2 Å². The summed E-state index contributed by atoms with van der Waals surface area (Å²) in [5.74, 6) is 0. The number of hydrogen-bond acceptors (Lipinski definition) is 4. The van der Waals surface area contributed by atoms with E-state index < -0.39 is 0 Å². The topological polar surface area (TPSA) is 51.6 Å². The van der Waals surface area contributed by atoms with Crippen molar-refractivity contribution in [1.82, 2.24) is 19.9 Å². The summed E-state index contributed by atoms with van der Waals surface area (Å²) in [4.78, 5) is 19.2. The van der Waals surface area contributed by atoms with Crippen LogP contribution in [0.15, 0.2) is 195 Å². The molecule has 4 nitrogen and oxygen atoms in total. The van der Waals surface area contributed by atoms with Gasteiger partial charge in [0.2, 0.25) is 0 Å². The Hall–Kier alpha value is -7.82. The average Bonchev–Trinajstić information content (AvgIpc) is 3.72. The van der Waals surface area contributed by atoms with E-state index in [0.717, 1.165) is 44.7 Å². The van der Waals surface area contributed by atoms with Crippen molar-refractivity contribution >= 4 is 11.0 Å². The van der Waals surface area contributed by atoms with Crippen molar-refractivity contribution in [2.45, 2.75) is 38.5 Å². The molecule has 0 radical (unpaired) electrons. The lowest BCUT2D eigenvalue weighted by atomic mass is 9.81. The number of rotatable bonds is 6. The molecule has 0 aliphatic heterocycles. The highest BCUT2D eigenvalue weighted by Crippen LogP contribution is 2.52. The van der Waals surface area contributed by atoms with Gasteiger partial charge in [0.15, 0.2) is 0 Å². The fourth-order valence-electron chi connectivity index (χ4n) is 10.3. The zero-order valence-corrected chi connectivity index (χ0v) is 36.3. The number of aromatic nitrogens is 4. The van der Waals surface area contributed by atoms with Crippen molar-refractivity contribution in [2.24, 2.45) is 0 Å². The molecule has 10 aromatic rings. The van der Waals surface area contributed by atoms with Crippen LogP contribution in [0, 0.1) is 0 Å². The SMILES string of the molecule is CC1(C)c2cc(-c3ccc(-c4nc5ccccc5nc4-c4ccc(-c5ccc6c(c5)C(C)(C)c5cc(-c7cccnc7)ccc5-6)cc4)cc3)ccc2-c2ccc(-c3cccnc3)cc21. The minimum atomic E-state index is -0.140. The third kappa shape index (κ3) is 6.05. The van der Waals surface area contributed by atoms with Gasteiger partial charge in [0.05, 0.1) is 22.4 Å². The van der Waals surface area contributed by atoms with Gasteiger partial charge in [-0.3, -0.25) is 9.97 Å². The minimum absolute atomic E-state index is 0.140. The number of nitrogens with zero attached hydrogens (tertiary/aromatic N) is 4. The van der Waals surface area contributed by atoms with Crippen molar-refractivity contribution in [2.75, 3.05) is 0 Å². The second-order valence-electron chi connectivity index (χ2n) is 18.3. The molecule has 0 saturated heterocycles. The maximum absolute atomic E-state index is 5.25. The largest absolute Gasteiger partial charge is 0.264 e. The van der Waals surface area contributed by atoms with Crippen molar-refractivity contribution in [3.05, 3.63) is 217 Å². The Morgan fingerprint density at radius 3 is 0.938 bits per heavy atom. The molecule has 0 atom stereocenters. The number of pyridine rings is 2. The fraction of sp³-hybridized carbons (Fsp3) is 0.100. The molecule has 4 heteroatoms. The van der Waals surface area contributed by atoms with E-state index in [0.29, 0.717) is 0 Å². The van der Waals surface area contributed by atoms with Gasteiger partial charge in [0.1, 0.15) is 0 Å². The van der Waals surface area contributed by atoms with E-state index in [2.05, 4.69) is 171 Å². The summed E-state index contributed by atoms with van der Waals surface area (Å²) in [5.41, 5.74) is 25.3. The Bertz CT molecular complexity index is 3230. The normalized spacial score (nSPS) is 13.9. The molecule has 3 heterocycles. The van der Waals surface area contributed by atoms with Crippen LogP contribution in [-0.2, 0) is 10.8 Å². The number of para-hydroxylation sites is 2. The van der Waals surface area contributed by atoms with Crippen LogP contribution < -0.4 is 0 Å². The van der Waals surface area contributed by atoms with E-state index in [1.165, 1.54) is 77.9 Å². The van der Waals surface area contributed by atoms with E-state index >= 15 is 0 Å².